The summed E-state index contributed by atoms with van der Waals surface area (Å²) in [6.45, 7) is 0.567. The van der Waals surface area contributed by atoms with Crippen LogP contribution in [0, 0.1) is 0 Å². The van der Waals surface area contributed by atoms with Crippen molar-refractivity contribution in [3.63, 3.8) is 0 Å². The van der Waals surface area contributed by atoms with Crippen molar-refractivity contribution < 1.29 is 0 Å². The summed E-state index contributed by atoms with van der Waals surface area (Å²) >= 11 is 1.63. The Labute approximate surface area is 115 Å². The molecule has 0 saturated heterocycles. The molecule has 2 N–H and O–H groups in total. The van der Waals surface area contributed by atoms with Crippen molar-refractivity contribution in [2.75, 3.05) is 0 Å². The minimum Gasteiger partial charge on any atom is -0.332 e. The van der Waals surface area contributed by atoms with Gasteiger partial charge in [-0.05, 0) is 5.56 Å². The van der Waals surface area contributed by atoms with Crippen LogP contribution in [0.1, 0.15) is 5.56 Å². The van der Waals surface area contributed by atoms with Crippen LogP contribution in [0.5, 0.6) is 0 Å². The number of aryl methyl sites for hydroxylation is 1. The van der Waals surface area contributed by atoms with Crippen molar-refractivity contribution in [2.24, 2.45) is 12.8 Å². The van der Waals surface area contributed by atoms with Crippen LogP contribution in [-0.2, 0) is 13.6 Å². The molecule has 96 valence electrons. The minimum absolute atomic E-state index is 0.567. The molecule has 0 aliphatic rings. The third kappa shape index (κ3) is 2.30. The Morgan fingerprint density at radius 3 is 2.68 bits per heavy atom. The van der Waals surface area contributed by atoms with E-state index in [4.69, 9.17) is 5.73 Å². The van der Waals surface area contributed by atoms with E-state index in [1.807, 2.05) is 29.9 Å². The highest BCUT2D eigenvalue weighted by Gasteiger charge is 2.09. The molecular formula is C14H14N4S. The van der Waals surface area contributed by atoms with Gasteiger partial charge >= 0.3 is 0 Å². The van der Waals surface area contributed by atoms with Crippen LogP contribution in [0.15, 0.2) is 42.2 Å². The highest BCUT2D eigenvalue weighted by atomic mass is 32.1. The lowest BCUT2D eigenvalue weighted by molar-refractivity contribution is 0.920. The monoisotopic (exact) mass is 270 g/mol. The van der Waals surface area contributed by atoms with E-state index < -0.39 is 0 Å². The molecule has 0 unspecified atom stereocenters. The van der Waals surface area contributed by atoms with E-state index in [-0.39, 0.29) is 0 Å². The fourth-order valence-corrected chi connectivity index (χ4v) is 2.78. The third-order valence-electron chi connectivity index (χ3n) is 3.03. The second-order valence-corrected chi connectivity index (χ2v) is 5.19. The number of nitrogens with zero attached hydrogens (tertiary/aromatic N) is 3. The Bertz CT molecular complexity index is 682. The van der Waals surface area contributed by atoms with Gasteiger partial charge in [-0.25, -0.2) is 9.97 Å². The summed E-state index contributed by atoms with van der Waals surface area (Å²) in [5.74, 6) is 0. The Morgan fingerprint density at radius 1 is 1.26 bits per heavy atom. The highest BCUT2D eigenvalue weighted by Crippen LogP contribution is 2.28. The lowest BCUT2D eigenvalue weighted by Gasteiger charge is -1.99. The van der Waals surface area contributed by atoms with Gasteiger partial charge in [0.05, 0.1) is 23.9 Å². The van der Waals surface area contributed by atoms with Crippen molar-refractivity contribution in [1.29, 1.82) is 0 Å². The summed E-state index contributed by atoms with van der Waals surface area (Å²) in [4.78, 5) is 8.78. The zero-order chi connectivity index (χ0) is 13.2. The molecule has 0 amide bonds. The quantitative estimate of drug-likeness (QED) is 0.796. The fourth-order valence-electron chi connectivity index (χ4n) is 1.90. The van der Waals surface area contributed by atoms with E-state index in [0.717, 1.165) is 27.5 Å². The summed E-state index contributed by atoms with van der Waals surface area (Å²) < 4.78 is 1.97. The van der Waals surface area contributed by atoms with Crippen LogP contribution in [0.4, 0.5) is 0 Å². The maximum absolute atomic E-state index is 5.60. The average Bonchev–Trinajstić information content (AvgIpc) is 3.07. The van der Waals surface area contributed by atoms with Crippen LogP contribution in [0.25, 0.3) is 22.0 Å². The van der Waals surface area contributed by atoms with Crippen molar-refractivity contribution in [3.8, 4) is 22.0 Å². The largest absolute Gasteiger partial charge is 0.332 e. The van der Waals surface area contributed by atoms with Gasteiger partial charge in [-0.15, -0.1) is 11.3 Å². The maximum atomic E-state index is 5.60. The van der Waals surface area contributed by atoms with E-state index in [1.165, 1.54) is 0 Å². The molecule has 19 heavy (non-hydrogen) atoms. The number of benzene rings is 1. The first kappa shape index (κ1) is 12.1. The van der Waals surface area contributed by atoms with Gasteiger partial charge < -0.3 is 10.3 Å². The zero-order valence-corrected chi connectivity index (χ0v) is 11.4. The molecule has 0 atom stereocenters. The minimum atomic E-state index is 0.567. The molecular weight excluding hydrogens is 256 g/mol. The summed E-state index contributed by atoms with van der Waals surface area (Å²) in [5.41, 5.74) is 9.87. The molecule has 1 aromatic carbocycles. The summed E-state index contributed by atoms with van der Waals surface area (Å²) in [7, 11) is 1.97. The Balaban J connectivity index is 1.94. The second kappa shape index (κ2) is 4.95. The van der Waals surface area contributed by atoms with Gasteiger partial charge in [0.15, 0.2) is 0 Å². The first-order valence-corrected chi connectivity index (χ1v) is 6.87. The molecule has 4 nitrogen and oxygen atoms in total. The lowest BCUT2D eigenvalue weighted by Crippen LogP contribution is -1.95. The Morgan fingerprint density at radius 2 is 2.05 bits per heavy atom. The summed E-state index contributed by atoms with van der Waals surface area (Å²) in [5, 5.41) is 3.05. The molecule has 0 aliphatic heterocycles. The zero-order valence-electron chi connectivity index (χ0n) is 10.6. The van der Waals surface area contributed by atoms with Crippen LogP contribution >= 0.6 is 11.3 Å². The average molecular weight is 270 g/mol. The standard InChI is InChI=1S/C14H14N4S/c1-18-9-16-7-13(18)14-17-12(8-19-14)11-4-2-10(6-15)3-5-11/h2-5,7-9H,6,15H2,1H3. The van der Waals surface area contributed by atoms with Gasteiger partial charge in [-0.1, -0.05) is 24.3 Å². The first-order valence-electron chi connectivity index (χ1n) is 5.99. The first-order chi connectivity index (χ1) is 9.28. The summed E-state index contributed by atoms with van der Waals surface area (Å²) in [6.07, 6.45) is 3.62. The number of nitrogens with two attached hydrogens (primary N) is 1. The van der Waals surface area contributed by atoms with E-state index >= 15 is 0 Å². The van der Waals surface area contributed by atoms with Crippen molar-refractivity contribution in [2.45, 2.75) is 6.54 Å². The molecule has 0 bridgehead atoms. The van der Waals surface area contributed by atoms with Crippen molar-refractivity contribution in [1.82, 2.24) is 14.5 Å². The predicted octanol–water partition coefficient (Wildman–Crippen LogP) is 2.67. The van der Waals surface area contributed by atoms with Gasteiger partial charge in [0.1, 0.15) is 5.01 Å². The number of hydrogen-bond donors (Lipinski definition) is 1. The molecule has 2 aromatic heterocycles. The van der Waals surface area contributed by atoms with Crippen LogP contribution < -0.4 is 5.73 Å². The number of aromatic nitrogens is 3. The van der Waals surface area contributed by atoms with Crippen molar-refractivity contribution in [3.05, 3.63) is 47.7 Å². The SMILES string of the molecule is Cn1cncc1-c1nc(-c2ccc(CN)cc2)cs1. The maximum Gasteiger partial charge on any atom is 0.142 e. The molecule has 0 saturated carbocycles. The molecule has 0 radical (unpaired) electrons. The molecule has 0 fully saturated rings. The summed E-state index contributed by atoms with van der Waals surface area (Å²) in [6, 6.07) is 8.20. The predicted molar refractivity (Wildman–Crippen MR) is 77.6 cm³/mol. The number of rotatable bonds is 3. The van der Waals surface area contributed by atoms with Crippen LogP contribution in [-0.4, -0.2) is 14.5 Å². The molecule has 2 heterocycles. The normalized spacial score (nSPS) is 10.8. The van der Waals surface area contributed by atoms with Crippen molar-refractivity contribution >= 4 is 11.3 Å². The second-order valence-electron chi connectivity index (χ2n) is 4.33. The smallest absolute Gasteiger partial charge is 0.142 e. The Kier molecular flexibility index (Phi) is 3.15. The van der Waals surface area contributed by atoms with Crippen LogP contribution in [0.2, 0.25) is 0 Å². The van der Waals surface area contributed by atoms with Crippen LogP contribution in [0.3, 0.4) is 0 Å². The van der Waals surface area contributed by atoms with E-state index in [9.17, 15) is 0 Å². The molecule has 0 spiro atoms. The molecule has 0 aliphatic carbocycles. The number of hydrogen-bond acceptors (Lipinski definition) is 4. The van der Waals surface area contributed by atoms with Gasteiger partial charge in [-0.2, -0.15) is 0 Å². The molecule has 3 rings (SSSR count). The van der Waals surface area contributed by atoms with Gasteiger partial charge in [-0.3, -0.25) is 0 Å². The third-order valence-corrected chi connectivity index (χ3v) is 3.89. The highest BCUT2D eigenvalue weighted by molar-refractivity contribution is 7.13. The molecule has 5 heteroatoms. The fraction of sp³-hybridized carbons (Fsp3) is 0.143. The van der Waals surface area contributed by atoms with Gasteiger partial charge in [0.25, 0.3) is 0 Å². The molecule has 3 aromatic rings. The number of imidazole rings is 1. The van der Waals surface area contributed by atoms with E-state index in [2.05, 4.69) is 27.5 Å². The lowest BCUT2D eigenvalue weighted by atomic mass is 10.1. The topological polar surface area (TPSA) is 56.7 Å². The van der Waals surface area contributed by atoms with E-state index in [0.29, 0.717) is 6.54 Å². The van der Waals surface area contributed by atoms with Gasteiger partial charge in [0, 0.05) is 24.5 Å². The Hall–Kier alpha value is -1.98. The van der Waals surface area contributed by atoms with Gasteiger partial charge in [0.2, 0.25) is 0 Å². The number of thiazole rings is 1. The van der Waals surface area contributed by atoms with E-state index in [1.54, 1.807) is 17.7 Å².